The minimum Gasteiger partial charge on any atom is -0.374 e. The van der Waals surface area contributed by atoms with Crippen LogP contribution in [-0.2, 0) is 4.74 Å². The summed E-state index contributed by atoms with van der Waals surface area (Å²) in [6.45, 7) is 9.74. The molecular formula is C14H29IN2O. The van der Waals surface area contributed by atoms with Crippen LogP contribution in [0.5, 0.6) is 0 Å². The fourth-order valence-electron chi connectivity index (χ4n) is 2.30. The van der Waals surface area contributed by atoms with E-state index in [0.717, 1.165) is 32.8 Å². The molecule has 1 fully saturated rings. The van der Waals surface area contributed by atoms with Crippen molar-refractivity contribution < 1.29 is 4.74 Å². The van der Waals surface area contributed by atoms with Crippen LogP contribution in [0.1, 0.15) is 39.5 Å². The molecule has 1 rings (SSSR count). The lowest BCUT2D eigenvalue weighted by Crippen LogP contribution is -2.49. The Bertz CT molecular complexity index is 202. The summed E-state index contributed by atoms with van der Waals surface area (Å²) in [5.41, 5.74) is 0. The lowest BCUT2D eigenvalue weighted by atomic mass is 10.2. The summed E-state index contributed by atoms with van der Waals surface area (Å²) in [6.07, 6.45) is 5.80. The number of nitrogens with one attached hydrogen (secondary N) is 1. The van der Waals surface area contributed by atoms with E-state index in [2.05, 4.69) is 46.7 Å². The van der Waals surface area contributed by atoms with Crippen LogP contribution in [0.25, 0.3) is 0 Å². The molecule has 0 amide bonds. The Labute approximate surface area is 126 Å². The average molecular weight is 368 g/mol. The third kappa shape index (κ3) is 7.26. The van der Waals surface area contributed by atoms with Crippen molar-refractivity contribution in [2.75, 3.05) is 37.2 Å². The minimum absolute atomic E-state index is 0.385. The van der Waals surface area contributed by atoms with Gasteiger partial charge in [0.2, 0.25) is 0 Å². The largest absolute Gasteiger partial charge is 0.374 e. The van der Waals surface area contributed by atoms with E-state index in [1.165, 1.54) is 30.1 Å². The van der Waals surface area contributed by atoms with E-state index in [1.807, 2.05) is 0 Å². The smallest absolute Gasteiger partial charge is 0.0826 e. The molecule has 0 spiro atoms. The van der Waals surface area contributed by atoms with E-state index in [4.69, 9.17) is 4.74 Å². The fraction of sp³-hybridized carbons (Fsp3) is 1.00. The van der Waals surface area contributed by atoms with Crippen LogP contribution in [0.4, 0.5) is 0 Å². The number of rotatable bonds is 9. The highest BCUT2D eigenvalue weighted by atomic mass is 127. The van der Waals surface area contributed by atoms with Crippen molar-refractivity contribution >= 4 is 22.6 Å². The van der Waals surface area contributed by atoms with Crippen molar-refractivity contribution in [2.24, 2.45) is 0 Å². The molecule has 108 valence electrons. The van der Waals surface area contributed by atoms with Crippen molar-refractivity contribution in [3.63, 3.8) is 0 Å². The summed E-state index contributed by atoms with van der Waals surface area (Å²) in [4.78, 5) is 2.51. The molecule has 0 aliphatic carbocycles. The highest BCUT2D eigenvalue weighted by molar-refractivity contribution is 14.1. The van der Waals surface area contributed by atoms with Gasteiger partial charge in [0.15, 0.2) is 0 Å². The van der Waals surface area contributed by atoms with Crippen LogP contribution in [-0.4, -0.2) is 54.3 Å². The van der Waals surface area contributed by atoms with Gasteiger partial charge in [-0.1, -0.05) is 35.4 Å². The zero-order chi connectivity index (χ0) is 13.2. The monoisotopic (exact) mass is 368 g/mol. The maximum absolute atomic E-state index is 5.80. The zero-order valence-electron chi connectivity index (χ0n) is 12.0. The summed E-state index contributed by atoms with van der Waals surface area (Å²) in [7, 11) is 0. The number of alkyl halides is 1. The molecule has 0 aromatic carbocycles. The summed E-state index contributed by atoms with van der Waals surface area (Å²) >= 11 is 2.46. The van der Waals surface area contributed by atoms with Gasteiger partial charge in [0.25, 0.3) is 0 Å². The van der Waals surface area contributed by atoms with Crippen molar-refractivity contribution in [3.05, 3.63) is 0 Å². The van der Waals surface area contributed by atoms with Gasteiger partial charge in [-0.25, -0.2) is 0 Å². The first-order valence-corrected chi connectivity index (χ1v) is 8.89. The molecule has 1 aliphatic rings. The Kier molecular flexibility index (Phi) is 9.63. The molecule has 0 aromatic rings. The van der Waals surface area contributed by atoms with Gasteiger partial charge in [-0.2, -0.15) is 0 Å². The third-order valence-corrected chi connectivity index (χ3v) is 4.27. The second-order valence-corrected chi connectivity index (χ2v) is 6.47. The fourth-order valence-corrected chi connectivity index (χ4v) is 2.84. The molecule has 1 heterocycles. The van der Waals surface area contributed by atoms with Crippen LogP contribution < -0.4 is 5.32 Å². The molecule has 1 saturated heterocycles. The quantitative estimate of drug-likeness (QED) is 0.385. The second kappa shape index (κ2) is 10.4. The maximum Gasteiger partial charge on any atom is 0.0826 e. The van der Waals surface area contributed by atoms with Gasteiger partial charge in [-0.3, -0.25) is 4.90 Å². The summed E-state index contributed by atoms with van der Waals surface area (Å²) in [5, 5.41) is 3.54. The summed E-state index contributed by atoms with van der Waals surface area (Å²) in [5.74, 6) is 0. The van der Waals surface area contributed by atoms with Gasteiger partial charge in [-0.05, 0) is 37.7 Å². The van der Waals surface area contributed by atoms with Crippen LogP contribution in [0.3, 0.4) is 0 Å². The van der Waals surface area contributed by atoms with E-state index in [1.54, 1.807) is 0 Å². The lowest BCUT2D eigenvalue weighted by Gasteiger charge is -2.35. The molecule has 3 nitrogen and oxygen atoms in total. The Morgan fingerprint density at radius 3 is 2.78 bits per heavy atom. The standard InChI is InChI=1S/C14H29IN2O/c1-13(2)17-9-10-18-14(12-17)11-16-8-6-4-3-5-7-15/h13-14,16H,3-12H2,1-2H3. The highest BCUT2D eigenvalue weighted by Gasteiger charge is 2.21. The Hall–Kier alpha value is 0.610. The number of unbranched alkanes of at least 4 members (excludes halogenated alkanes) is 3. The molecule has 1 atom stereocenters. The van der Waals surface area contributed by atoms with Gasteiger partial charge in [0, 0.05) is 25.7 Å². The van der Waals surface area contributed by atoms with E-state index in [9.17, 15) is 0 Å². The van der Waals surface area contributed by atoms with E-state index < -0.39 is 0 Å². The average Bonchev–Trinajstić information content (AvgIpc) is 2.38. The Morgan fingerprint density at radius 1 is 1.28 bits per heavy atom. The molecule has 1 aliphatic heterocycles. The number of ether oxygens (including phenoxy) is 1. The van der Waals surface area contributed by atoms with Crippen molar-refractivity contribution in [1.29, 1.82) is 0 Å². The molecule has 0 saturated carbocycles. The highest BCUT2D eigenvalue weighted by Crippen LogP contribution is 2.08. The zero-order valence-corrected chi connectivity index (χ0v) is 14.1. The second-order valence-electron chi connectivity index (χ2n) is 5.39. The topological polar surface area (TPSA) is 24.5 Å². The van der Waals surface area contributed by atoms with E-state index >= 15 is 0 Å². The van der Waals surface area contributed by atoms with Crippen molar-refractivity contribution in [3.8, 4) is 0 Å². The van der Waals surface area contributed by atoms with Crippen LogP contribution >= 0.6 is 22.6 Å². The van der Waals surface area contributed by atoms with E-state index in [0.29, 0.717) is 12.1 Å². The summed E-state index contributed by atoms with van der Waals surface area (Å²) < 4.78 is 7.10. The first-order valence-electron chi connectivity index (χ1n) is 7.36. The first kappa shape index (κ1) is 16.7. The molecule has 0 aromatic heterocycles. The molecule has 0 bridgehead atoms. The summed E-state index contributed by atoms with van der Waals surface area (Å²) in [6, 6.07) is 0.643. The number of nitrogens with zero attached hydrogens (tertiary/aromatic N) is 1. The predicted molar refractivity (Wildman–Crippen MR) is 86.7 cm³/mol. The Balaban J connectivity index is 1.98. The molecule has 1 unspecified atom stereocenters. The lowest BCUT2D eigenvalue weighted by molar-refractivity contribution is -0.0370. The van der Waals surface area contributed by atoms with Crippen molar-refractivity contribution in [2.45, 2.75) is 51.7 Å². The van der Waals surface area contributed by atoms with Gasteiger partial charge in [0.1, 0.15) is 0 Å². The Morgan fingerprint density at radius 2 is 2.06 bits per heavy atom. The predicted octanol–water partition coefficient (Wildman–Crippen LogP) is 2.68. The molecular weight excluding hydrogens is 339 g/mol. The molecule has 4 heteroatoms. The van der Waals surface area contributed by atoms with Crippen LogP contribution in [0, 0.1) is 0 Å². The third-order valence-electron chi connectivity index (χ3n) is 3.51. The SMILES string of the molecule is CC(C)N1CCOC(CNCCCCCCI)C1. The van der Waals surface area contributed by atoms with Crippen molar-refractivity contribution in [1.82, 2.24) is 10.2 Å². The van der Waals surface area contributed by atoms with Gasteiger partial charge in [0.05, 0.1) is 12.7 Å². The van der Waals surface area contributed by atoms with Crippen LogP contribution in [0.2, 0.25) is 0 Å². The normalized spacial score (nSPS) is 21.7. The van der Waals surface area contributed by atoms with E-state index in [-0.39, 0.29) is 0 Å². The van der Waals surface area contributed by atoms with Gasteiger partial charge in [-0.15, -0.1) is 0 Å². The number of hydrogen-bond acceptors (Lipinski definition) is 3. The molecule has 1 N–H and O–H groups in total. The number of hydrogen-bond donors (Lipinski definition) is 1. The van der Waals surface area contributed by atoms with Gasteiger partial charge < -0.3 is 10.1 Å². The van der Waals surface area contributed by atoms with Gasteiger partial charge >= 0.3 is 0 Å². The molecule has 0 radical (unpaired) electrons. The number of morpholine rings is 1. The molecule has 18 heavy (non-hydrogen) atoms. The number of halogens is 1. The van der Waals surface area contributed by atoms with Crippen LogP contribution in [0.15, 0.2) is 0 Å². The first-order chi connectivity index (χ1) is 8.74. The maximum atomic E-state index is 5.80. The minimum atomic E-state index is 0.385.